The summed E-state index contributed by atoms with van der Waals surface area (Å²) in [6, 6.07) is 9.64. The Morgan fingerprint density at radius 1 is 1.09 bits per heavy atom. The normalized spacial score (nSPS) is 17.3. The van der Waals surface area contributed by atoms with Crippen LogP contribution in [0.25, 0.3) is 5.76 Å². The van der Waals surface area contributed by atoms with E-state index in [-0.39, 0.29) is 11.3 Å². The van der Waals surface area contributed by atoms with E-state index in [1.165, 1.54) is 12.4 Å². The molecule has 1 unspecified atom stereocenters. The minimum Gasteiger partial charge on any atom is -0.507 e. The number of aliphatic hydroxyl groups excluding tert-OH is 1. The maximum Gasteiger partial charge on any atom is 0.300 e. The van der Waals surface area contributed by atoms with Crippen LogP contribution in [-0.2, 0) is 9.59 Å². The monoisotopic (exact) mass is 478 g/mol. The van der Waals surface area contributed by atoms with Gasteiger partial charge in [-0.1, -0.05) is 13.8 Å². The molecule has 0 radical (unpaired) electrons. The average molecular weight is 478 g/mol. The summed E-state index contributed by atoms with van der Waals surface area (Å²) in [4.78, 5) is 31.1. The second kappa shape index (κ2) is 9.66. The van der Waals surface area contributed by atoms with Crippen LogP contribution in [0.2, 0.25) is 0 Å². The molecular formula is C27H24F2N2O4. The molecule has 6 nitrogen and oxygen atoms in total. The van der Waals surface area contributed by atoms with Gasteiger partial charge in [-0.05, 0) is 66.4 Å². The number of amides is 1. The summed E-state index contributed by atoms with van der Waals surface area (Å²) in [5.41, 5.74) is 0.978. The molecule has 1 aliphatic heterocycles. The van der Waals surface area contributed by atoms with E-state index in [1.54, 1.807) is 37.3 Å². The summed E-state index contributed by atoms with van der Waals surface area (Å²) in [7, 11) is 0. The first-order valence-corrected chi connectivity index (χ1v) is 11.1. The fourth-order valence-corrected chi connectivity index (χ4v) is 3.99. The number of aromatic nitrogens is 1. The minimum absolute atomic E-state index is 0.208. The van der Waals surface area contributed by atoms with Crippen molar-refractivity contribution in [3.63, 3.8) is 0 Å². The molecule has 0 bridgehead atoms. The van der Waals surface area contributed by atoms with E-state index in [0.29, 0.717) is 35.5 Å². The maximum absolute atomic E-state index is 14.7. The van der Waals surface area contributed by atoms with Crippen molar-refractivity contribution in [3.05, 3.63) is 94.8 Å². The molecule has 1 saturated heterocycles. The van der Waals surface area contributed by atoms with Crippen molar-refractivity contribution < 1.29 is 28.2 Å². The average Bonchev–Trinajstić information content (AvgIpc) is 3.08. The number of Topliss-reactive ketones (excluding diaryl/α,β-unsaturated/α-hetero) is 1. The van der Waals surface area contributed by atoms with Gasteiger partial charge in [0, 0.05) is 24.0 Å². The zero-order valence-electron chi connectivity index (χ0n) is 19.5. The number of halogens is 2. The van der Waals surface area contributed by atoms with Crippen molar-refractivity contribution in [1.82, 2.24) is 4.98 Å². The van der Waals surface area contributed by atoms with Crippen molar-refractivity contribution in [1.29, 1.82) is 0 Å². The Hall–Kier alpha value is -4.07. The van der Waals surface area contributed by atoms with Crippen LogP contribution in [0.15, 0.2) is 66.5 Å². The molecule has 0 spiro atoms. The summed E-state index contributed by atoms with van der Waals surface area (Å²) < 4.78 is 34.0. The molecule has 35 heavy (non-hydrogen) atoms. The molecule has 1 amide bonds. The number of rotatable bonds is 6. The number of anilines is 1. The van der Waals surface area contributed by atoms with Crippen molar-refractivity contribution in [2.24, 2.45) is 5.92 Å². The van der Waals surface area contributed by atoms with Crippen LogP contribution in [0.3, 0.4) is 0 Å². The molecule has 0 saturated carbocycles. The van der Waals surface area contributed by atoms with Gasteiger partial charge in [-0.3, -0.25) is 19.5 Å². The van der Waals surface area contributed by atoms with Crippen molar-refractivity contribution in [2.45, 2.75) is 26.8 Å². The van der Waals surface area contributed by atoms with Gasteiger partial charge < -0.3 is 9.84 Å². The molecule has 1 N–H and O–H groups in total. The second-order valence-corrected chi connectivity index (χ2v) is 8.73. The third-order valence-electron chi connectivity index (χ3n) is 5.66. The highest BCUT2D eigenvalue weighted by Crippen LogP contribution is 2.43. The predicted octanol–water partition coefficient (Wildman–Crippen LogP) is 5.33. The first-order valence-electron chi connectivity index (χ1n) is 11.1. The third-order valence-corrected chi connectivity index (χ3v) is 5.66. The van der Waals surface area contributed by atoms with E-state index >= 15 is 0 Å². The number of ether oxygens (including phenoxy) is 1. The van der Waals surface area contributed by atoms with Gasteiger partial charge in [-0.15, -0.1) is 0 Å². The number of hydrogen-bond acceptors (Lipinski definition) is 5. The van der Waals surface area contributed by atoms with E-state index in [1.807, 2.05) is 13.8 Å². The van der Waals surface area contributed by atoms with Crippen LogP contribution >= 0.6 is 0 Å². The van der Waals surface area contributed by atoms with Gasteiger partial charge in [0.2, 0.25) is 0 Å². The van der Waals surface area contributed by atoms with Crippen LogP contribution in [0.5, 0.6) is 5.75 Å². The number of pyridine rings is 1. The molecule has 2 aromatic carbocycles. The first kappa shape index (κ1) is 24.1. The second-order valence-electron chi connectivity index (χ2n) is 8.73. The maximum atomic E-state index is 14.7. The number of aryl methyl sites for hydroxylation is 1. The highest BCUT2D eigenvalue weighted by molar-refractivity contribution is 6.51. The Morgan fingerprint density at radius 2 is 1.80 bits per heavy atom. The summed E-state index contributed by atoms with van der Waals surface area (Å²) in [5, 5.41) is 11.2. The third kappa shape index (κ3) is 4.64. The molecule has 4 rings (SSSR count). The molecule has 0 aliphatic carbocycles. The fraction of sp³-hybridized carbons (Fsp3) is 0.222. The number of benzene rings is 2. The van der Waals surface area contributed by atoms with Crippen LogP contribution in [0.1, 0.15) is 36.6 Å². The molecule has 1 atom stereocenters. The highest BCUT2D eigenvalue weighted by atomic mass is 19.1. The Kier molecular flexibility index (Phi) is 6.64. The largest absolute Gasteiger partial charge is 0.507 e. The smallest absolute Gasteiger partial charge is 0.300 e. The number of carbonyl (C=O) groups excluding carboxylic acids is 2. The van der Waals surface area contributed by atoms with Crippen molar-refractivity contribution in [2.75, 3.05) is 11.5 Å². The standard InChI is InChI=1S/C27H24F2N2O4/c1-15(2)14-35-22-7-4-18(12-16(22)3)25(32)23-24(17-8-10-30-11-9-17)31(27(34)26(23)33)21-6-5-19(28)13-20(21)29/h4-13,15,24,32H,14H2,1-3H3/b25-23+. The highest BCUT2D eigenvalue weighted by Gasteiger charge is 2.47. The molecule has 180 valence electrons. The zero-order chi connectivity index (χ0) is 25.3. The van der Waals surface area contributed by atoms with Gasteiger partial charge in [0.15, 0.2) is 0 Å². The van der Waals surface area contributed by atoms with E-state index in [0.717, 1.165) is 22.6 Å². The lowest BCUT2D eigenvalue weighted by Crippen LogP contribution is -2.30. The van der Waals surface area contributed by atoms with Gasteiger partial charge >= 0.3 is 0 Å². The minimum atomic E-state index is -1.14. The lowest BCUT2D eigenvalue weighted by Gasteiger charge is -2.25. The van der Waals surface area contributed by atoms with Gasteiger partial charge in [0.25, 0.3) is 11.7 Å². The van der Waals surface area contributed by atoms with E-state index in [4.69, 9.17) is 4.74 Å². The number of hydrogen-bond donors (Lipinski definition) is 1. The topological polar surface area (TPSA) is 79.7 Å². The Balaban J connectivity index is 1.85. The summed E-state index contributed by atoms with van der Waals surface area (Å²) in [6.45, 7) is 6.37. The lowest BCUT2D eigenvalue weighted by atomic mass is 9.95. The number of nitrogens with zero attached hydrogens (tertiary/aromatic N) is 2. The number of aliphatic hydroxyl groups is 1. The molecule has 2 heterocycles. The predicted molar refractivity (Wildman–Crippen MR) is 127 cm³/mol. The van der Waals surface area contributed by atoms with Crippen LogP contribution in [0, 0.1) is 24.5 Å². The zero-order valence-corrected chi connectivity index (χ0v) is 19.5. The molecule has 1 fully saturated rings. The van der Waals surface area contributed by atoms with Gasteiger partial charge in [-0.25, -0.2) is 8.78 Å². The van der Waals surface area contributed by atoms with Gasteiger partial charge in [0.1, 0.15) is 23.1 Å². The van der Waals surface area contributed by atoms with E-state index in [2.05, 4.69) is 4.98 Å². The Morgan fingerprint density at radius 3 is 2.43 bits per heavy atom. The van der Waals surface area contributed by atoms with E-state index in [9.17, 15) is 23.5 Å². The van der Waals surface area contributed by atoms with Crippen molar-refractivity contribution in [3.8, 4) is 5.75 Å². The first-order chi connectivity index (χ1) is 16.7. The number of ketones is 1. The van der Waals surface area contributed by atoms with Crippen molar-refractivity contribution >= 4 is 23.1 Å². The van der Waals surface area contributed by atoms with Gasteiger partial charge in [0.05, 0.1) is 23.9 Å². The quantitative estimate of drug-likeness (QED) is 0.294. The molecule has 3 aromatic rings. The van der Waals surface area contributed by atoms with E-state index < -0.39 is 35.1 Å². The summed E-state index contributed by atoms with van der Waals surface area (Å²) in [6.07, 6.45) is 2.92. The summed E-state index contributed by atoms with van der Waals surface area (Å²) >= 11 is 0. The number of carbonyl (C=O) groups is 2. The van der Waals surface area contributed by atoms with Gasteiger partial charge in [-0.2, -0.15) is 0 Å². The summed E-state index contributed by atoms with van der Waals surface area (Å²) in [5.74, 6) is -3.29. The molecule has 1 aromatic heterocycles. The lowest BCUT2D eigenvalue weighted by molar-refractivity contribution is -0.132. The SMILES string of the molecule is Cc1cc(/C(O)=C2\C(=O)C(=O)N(c3ccc(F)cc3F)C2c2ccncc2)ccc1OCC(C)C. The molecular weight excluding hydrogens is 454 g/mol. The van der Waals surface area contributed by atoms with Crippen LogP contribution in [0.4, 0.5) is 14.5 Å². The van der Waals surface area contributed by atoms with Crippen LogP contribution in [-0.4, -0.2) is 28.4 Å². The molecule has 1 aliphatic rings. The van der Waals surface area contributed by atoms with Crippen LogP contribution < -0.4 is 9.64 Å². The Labute approximate surface area is 201 Å². The fourth-order valence-electron chi connectivity index (χ4n) is 3.99. The molecule has 8 heteroatoms. The Bertz CT molecular complexity index is 1320.